The molecule has 0 amide bonds. The summed E-state index contributed by atoms with van der Waals surface area (Å²) in [5.41, 5.74) is 1.65. The highest BCUT2D eigenvalue weighted by Crippen LogP contribution is 2.41. The summed E-state index contributed by atoms with van der Waals surface area (Å²) in [6.45, 7) is 11.7. The smallest absolute Gasteiger partial charge is 0.0183 e. The Kier molecular flexibility index (Phi) is 4.22. The van der Waals surface area contributed by atoms with Crippen LogP contribution in [-0.4, -0.2) is 0 Å². The van der Waals surface area contributed by atoms with Gasteiger partial charge in [-0.05, 0) is 43.4 Å². The van der Waals surface area contributed by atoms with Crippen LogP contribution in [0.2, 0.25) is 0 Å². The third-order valence-corrected chi connectivity index (χ3v) is 4.00. The van der Waals surface area contributed by atoms with Gasteiger partial charge in [0.25, 0.3) is 0 Å². The molecule has 0 aromatic rings. The average Bonchev–Trinajstić information content (AvgIpc) is 2.82. The fourth-order valence-electron chi connectivity index (χ4n) is 2.50. The van der Waals surface area contributed by atoms with E-state index in [0.717, 1.165) is 23.7 Å². The van der Waals surface area contributed by atoms with E-state index >= 15 is 0 Å². The summed E-state index contributed by atoms with van der Waals surface area (Å²) < 4.78 is 0. The van der Waals surface area contributed by atoms with Crippen LogP contribution in [0.4, 0.5) is 0 Å². The van der Waals surface area contributed by atoms with Crippen molar-refractivity contribution < 1.29 is 0 Å². The van der Waals surface area contributed by atoms with Gasteiger partial charge in [-0.3, -0.25) is 0 Å². The van der Waals surface area contributed by atoms with Crippen molar-refractivity contribution in [3.05, 3.63) is 11.6 Å². The molecule has 1 aliphatic rings. The minimum Gasteiger partial charge on any atom is -0.0819 e. The van der Waals surface area contributed by atoms with Gasteiger partial charge in [0.2, 0.25) is 0 Å². The summed E-state index contributed by atoms with van der Waals surface area (Å²) in [4.78, 5) is 0. The monoisotopic (exact) mass is 194 g/mol. The first kappa shape index (κ1) is 11.8. The van der Waals surface area contributed by atoms with E-state index in [0.29, 0.717) is 0 Å². The molecule has 1 fully saturated rings. The van der Waals surface area contributed by atoms with Crippen molar-refractivity contribution >= 4 is 0 Å². The quantitative estimate of drug-likeness (QED) is 0.558. The molecule has 4 atom stereocenters. The zero-order valence-electron chi connectivity index (χ0n) is 10.5. The highest BCUT2D eigenvalue weighted by molar-refractivity contribution is 5.11. The van der Waals surface area contributed by atoms with Gasteiger partial charge in [0, 0.05) is 0 Å². The summed E-state index contributed by atoms with van der Waals surface area (Å²) in [7, 11) is 0. The maximum Gasteiger partial charge on any atom is -0.0183 e. The molecule has 82 valence electrons. The van der Waals surface area contributed by atoms with Crippen LogP contribution in [0.1, 0.15) is 53.9 Å². The van der Waals surface area contributed by atoms with E-state index in [1.54, 1.807) is 5.57 Å². The molecule has 0 heteroatoms. The minimum absolute atomic E-state index is 0.827. The Bertz CT molecular complexity index is 202. The van der Waals surface area contributed by atoms with Crippen LogP contribution in [0.15, 0.2) is 11.6 Å². The molecule has 0 spiro atoms. The van der Waals surface area contributed by atoms with Crippen molar-refractivity contribution in [2.24, 2.45) is 23.7 Å². The molecule has 0 bridgehead atoms. The molecule has 0 N–H and O–H groups in total. The van der Waals surface area contributed by atoms with Crippen molar-refractivity contribution in [2.75, 3.05) is 0 Å². The Morgan fingerprint density at radius 3 is 2.29 bits per heavy atom. The zero-order valence-corrected chi connectivity index (χ0v) is 10.5. The van der Waals surface area contributed by atoms with E-state index in [-0.39, 0.29) is 0 Å². The maximum absolute atomic E-state index is 2.55. The van der Waals surface area contributed by atoms with Crippen molar-refractivity contribution in [2.45, 2.75) is 53.9 Å². The van der Waals surface area contributed by atoms with E-state index < -0.39 is 0 Å². The predicted octanol–water partition coefficient (Wildman–Crippen LogP) is 4.66. The van der Waals surface area contributed by atoms with E-state index in [1.165, 1.54) is 19.3 Å². The van der Waals surface area contributed by atoms with E-state index in [1.807, 2.05) is 0 Å². The van der Waals surface area contributed by atoms with Crippen molar-refractivity contribution in [1.29, 1.82) is 0 Å². The number of hydrogen-bond donors (Lipinski definition) is 0. The molecule has 0 nitrogen and oxygen atoms in total. The molecule has 1 saturated carbocycles. The molecule has 1 rings (SSSR count). The van der Waals surface area contributed by atoms with Crippen molar-refractivity contribution in [3.8, 4) is 0 Å². The van der Waals surface area contributed by atoms with Crippen LogP contribution in [0, 0.1) is 23.7 Å². The second-order valence-electron chi connectivity index (χ2n) is 5.19. The Balaban J connectivity index is 2.55. The molecular weight excluding hydrogens is 168 g/mol. The van der Waals surface area contributed by atoms with Crippen LogP contribution in [0.5, 0.6) is 0 Å². The number of hydrogen-bond acceptors (Lipinski definition) is 0. The van der Waals surface area contributed by atoms with Gasteiger partial charge in [-0.1, -0.05) is 45.8 Å². The Labute approximate surface area is 89.8 Å². The average molecular weight is 194 g/mol. The maximum atomic E-state index is 2.55. The summed E-state index contributed by atoms with van der Waals surface area (Å²) in [5, 5.41) is 0. The van der Waals surface area contributed by atoms with Gasteiger partial charge in [0.1, 0.15) is 0 Å². The van der Waals surface area contributed by atoms with Gasteiger partial charge < -0.3 is 0 Å². The molecule has 4 unspecified atom stereocenters. The molecule has 0 aromatic carbocycles. The lowest BCUT2D eigenvalue weighted by Crippen LogP contribution is -2.11. The van der Waals surface area contributed by atoms with Crippen molar-refractivity contribution in [3.63, 3.8) is 0 Å². The summed E-state index contributed by atoms with van der Waals surface area (Å²) in [6.07, 6.45) is 6.58. The first-order chi connectivity index (χ1) is 6.60. The lowest BCUT2D eigenvalue weighted by atomic mass is 9.83. The topological polar surface area (TPSA) is 0 Å². The van der Waals surface area contributed by atoms with Crippen LogP contribution in [0.25, 0.3) is 0 Å². The molecule has 0 aliphatic heterocycles. The summed E-state index contributed by atoms with van der Waals surface area (Å²) in [5.74, 6) is 3.55. The Morgan fingerprint density at radius 1 is 1.36 bits per heavy atom. The first-order valence-corrected chi connectivity index (χ1v) is 6.28. The molecule has 0 saturated heterocycles. The standard InChI is InChI=1S/C14H26/c1-6-10(3)14(7-2)12(5)9-13-8-11(13)4/h9-11,13-14H,6-8H2,1-5H3. The van der Waals surface area contributed by atoms with E-state index in [2.05, 4.69) is 40.7 Å². The molecule has 0 aromatic heterocycles. The molecular formula is C14H26. The second kappa shape index (κ2) is 5.00. The van der Waals surface area contributed by atoms with Crippen molar-refractivity contribution in [1.82, 2.24) is 0 Å². The normalized spacial score (nSPS) is 31.4. The molecule has 14 heavy (non-hydrogen) atoms. The van der Waals surface area contributed by atoms with Gasteiger partial charge in [-0.15, -0.1) is 0 Å². The van der Waals surface area contributed by atoms with Crippen LogP contribution >= 0.6 is 0 Å². The van der Waals surface area contributed by atoms with E-state index in [4.69, 9.17) is 0 Å². The highest BCUT2D eigenvalue weighted by atomic mass is 14.4. The summed E-state index contributed by atoms with van der Waals surface area (Å²) >= 11 is 0. The van der Waals surface area contributed by atoms with Crippen LogP contribution in [-0.2, 0) is 0 Å². The molecule has 0 heterocycles. The van der Waals surface area contributed by atoms with Gasteiger partial charge >= 0.3 is 0 Å². The van der Waals surface area contributed by atoms with Gasteiger partial charge in [-0.25, -0.2) is 0 Å². The SMILES string of the molecule is CCC(C)C(CC)C(C)=CC1CC1C. The molecule has 0 radical (unpaired) electrons. The third kappa shape index (κ3) is 2.87. The van der Waals surface area contributed by atoms with Crippen LogP contribution < -0.4 is 0 Å². The number of rotatable bonds is 5. The van der Waals surface area contributed by atoms with Crippen LogP contribution in [0.3, 0.4) is 0 Å². The summed E-state index contributed by atoms with van der Waals surface area (Å²) in [6, 6.07) is 0. The minimum atomic E-state index is 0.827. The lowest BCUT2D eigenvalue weighted by Gasteiger charge is -2.22. The largest absolute Gasteiger partial charge is 0.0819 e. The first-order valence-electron chi connectivity index (χ1n) is 6.28. The lowest BCUT2D eigenvalue weighted by molar-refractivity contribution is 0.386. The van der Waals surface area contributed by atoms with Gasteiger partial charge in [0.15, 0.2) is 0 Å². The predicted molar refractivity (Wildman–Crippen MR) is 64.3 cm³/mol. The highest BCUT2D eigenvalue weighted by Gasteiger charge is 2.31. The Hall–Kier alpha value is -0.260. The second-order valence-corrected chi connectivity index (χ2v) is 5.19. The van der Waals surface area contributed by atoms with Gasteiger partial charge in [-0.2, -0.15) is 0 Å². The molecule has 1 aliphatic carbocycles. The van der Waals surface area contributed by atoms with Gasteiger partial charge in [0.05, 0.1) is 0 Å². The third-order valence-electron chi connectivity index (χ3n) is 4.00. The van der Waals surface area contributed by atoms with E-state index in [9.17, 15) is 0 Å². The fraction of sp³-hybridized carbons (Fsp3) is 0.857. The Morgan fingerprint density at radius 2 is 1.93 bits per heavy atom. The zero-order chi connectivity index (χ0) is 10.7. The fourth-order valence-corrected chi connectivity index (χ4v) is 2.50. The number of allylic oxidation sites excluding steroid dienone is 2.